The zero-order valence-corrected chi connectivity index (χ0v) is 28.9. The lowest BCUT2D eigenvalue weighted by atomic mass is 9.99. The van der Waals surface area contributed by atoms with Gasteiger partial charge in [-0.05, 0) is 65.2 Å². The molecule has 1 saturated heterocycles. The Hall–Kier alpha value is -5.08. The number of nitro benzene ring substituents is 1. The van der Waals surface area contributed by atoms with Crippen molar-refractivity contribution in [3.05, 3.63) is 148 Å². The molecule has 0 bridgehead atoms. The number of rotatable bonds is 10. The highest BCUT2D eigenvalue weighted by Gasteiger charge is 2.29. The second-order valence-corrected chi connectivity index (χ2v) is 15.7. The molecule has 0 spiro atoms. The third-order valence-corrected chi connectivity index (χ3v) is 11.8. The highest BCUT2D eigenvalue weighted by atomic mass is 35.5. The van der Waals surface area contributed by atoms with Gasteiger partial charge in [-0.3, -0.25) is 19.8 Å². The first kappa shape index (κ1) is 34.8. The van der Waals surface area contributed by atoms with Crippen molar-refractivity contribution in [1.29, 1.82) is 0 Å². The van der Waals surface area contributed by atoms with E-state index in [0.717, 1.165) is 34.9 Å². The molecule has 0 saturated carbocycles. The van der Waals surface area contributed by atoms with Crippen molar-refractivity contribution in [2.24, 2.45) is 0 Å². The molecule has 0 unspecified atom stereocenters. The van der Waals surface area contributed by atoms with Gasteiger partial charge in [0.2, 0.25) is 9.84 Å². The molecule has 0 radical (unpaired) electrons. The molecule has 50 heavy (non-hydrogen) atoms. The number of hydrogen-bond donors (Lipinski definition) is 1. The molecule has 5 aromatic rings. The van der Waals surface area contributed by atoms with Crippen LogP contribution >= 0.6 is 11.6 Å². The minimum absolute atomic E-state index is 0.0723. The zero-order chi connectivity index (χ0) is 35.5. The number of benzene rings is 5. The number of sulfonamides is 1. The second kappa shape index (κ2) is 14.4. The van der Waals surface area contributed by atoms with E-state index in [1.807, 2.05) is 46.0 Å². The van der Waals surface area contributed by atoms with Crippen LogP contribution in [-0.2, 0) is 26.4 Å². The molecular weight excluding hydrogens is 700 g/mol. The third-order valence-electron chi connectivity index (χ3n) is 8.42. The lowest BCUT2D eigenvalue weighted by molar-refractivity contribution is -0.385. The number of carbonyl (C=O) groups excluding carboxylic acids is 1. The SMILES string of the molecule is O=C(NS(=O)(=O)c1cccc([N+](=O)[O-])c1)c1ccc(N2CCN(Cc3ccccc3-c3ccc(Cl)cc3)CC2)cc1S(=O)(=O)c1ccccc1. The molecule has 0 aliphatic carbocycles. The molecule has 1 fully saturated rings. The van der Waals surface area contributed by atoms with Crippen molar-refractivity contribution in [2.45, 2.75) is 21.2 Å². The average Bonchev–Trinajstić information content (AvgIpc) is 3.12. The highest BCUT2D eigenvalue weighted by Crippen LogP contribution is 2.31. The average molecular weight is 731 g/mol. The largest absolute Gasteiger partial charge is 0.369 e. The molecule has 6 rings (SSSR count). The maximum atomic E-state index is 13.9. The van der Waals surface area contributed by atoms with Crippen LogP contribution in [0.5, 0.6) is 0 Å². The Bertz CT molecular complexity index is 2280. The van der Waals surface area contributed by atoms with Gasteiger partial charge in [-0.15, -0.1) is 0 Å². The van der Waals surface area contributed by atoms with Gasteiger partial charge in [-0.1, -0.05) is 72.3 Å². The minimum atomic E-state index is -4.60. The number of non-ortho nitro benzene ring substituents is 1. The molecule has 256 valence electrons. The van der Waals surface area contributed by atoms with Crippen molar-refractivity contribution in [3.8, 4) is 11.1 Å². The van der Waals surface area contributed by atoms with E-state index in [4.69, 9.17) is 11.6 Å². The fourth-order valence-electron chi connectivity index (χ4n) is 5.82. The molecular formula is C36H31ClN4O7S2. The van der Waals surface area contributed by atoms with E-state index in [9.17, 15) is 31.7 Å². The second-order valence-electron chi connectivity index (χ2n) is 11.6. The summed E-state index contributed by atoms with van der Waals surface area (Å²) in [5.41, 5.74) is 3.03. The van der Waals surface area contributed by atoms with Gasteiger partial charge in [0.05, 0.1) is 25.2 Å². The van der Waals surface area contributed by atoms with E-state index in [2.05, 4.69) is 17.0 Å². The predicted octanol–water partition coefficient (Wildman–Crippen LogP) is 6.19. The first-order valence-corrected chi connectivity index (χ1v) is 18.8. The van der Waals surface area contributed by atoms with E-state index < -0.39 is 41.3 Å². The van der Waals surface area contributed by atoms with E-state index >= 15 is 0 Å². The Balaban J connectivity index is 1.25. The van der Waals surface area contributed by atoms with Crippen molar-refractivity contribution in [1.82, 2.24) is 9.62 Å². The Morgan fingerprint density at radius 3 is 2.12 bits per heavy atom. The summed E-state index contributed by atoms with van der Waals surface area (Å²) in [5, 5.41) is 11.9. The number of nitrogens with one attached hydrogen (secondary N) is 1. The molecule has 11 nitrogen and oxygen atoms in total. The van der Waals surface area contributed by atoms with Crippen LogP contribution < -0.4 is 9.62 Å². The van der Waals surface area contributed by atoms with Gasteiger partial charge in [0.1, 0.15) is 0 Å². The lowest BCUT2D eigenvalue weighted by Gasteiger charge is -2.36. The van der Waals surface area contributed by atoms with Crippen LogP contribution in [0.3, 0.4) is 0 Å². The number of nitro groups is 1. The van der Waals surface area contributed by atoms with Crippen LogP contribution in [0.25, 0.3) is 11.1 Å². The Morgan fingerprint density at radius 2 is 1.42 bits per heavy atom. The summed E-state index contributed by atoms with van der Waals surface area (Å²) >= 11 is 6.10. The summed E-state index contributed by atoms with van der Waals surface area (Å²) in [6, 6.07) is 31.9. The van der Waals surface area contributed by atoms with Crippen LogP contribution in [0.4, 0.5) is 11.4 Å². The van der Waals surface area contributed by atoms with Gasteiger partial charge in [0, 0.05) is 55.6 Å². The standard InChI is InChI=1S/C36H31ClN4O7S2/c37-28-15-13-26(14-16-28)33-12-5-4-7-27(33)25-39-19-21-40(22-20-39)29-17-18-34(35(24-29)49(45,46)31-9-2-1-3-10-31)36(42)38-50(47,48)32-11-6-8-30(23-32)41(43)44/h1-18,23-24H,19-22,25H2,(H,38,42). The summed E-state index contributed by atoms with van der Waals surface area (Å²) in [5.74, 6) is -1.19. The molecule has 0 atom stereocenters. The van der Waals surface area contributed by atoms with E-state index in [-0.39, 0.29) is 15.4 Å². The number of nitrogens with zero attached hydrogens (tertiary/aromatic N) is 3. The van der Waals surface area contributed by atoms with Crippen molar-refractivity contribution < 1.29 is 26.6 Å². The minimum Gasteiger partial charge on any atom is -0.369 e. The third kappa shape index (κ3) is 7.55. The van der Waals surface area contributed by atoms with Gasteiger partial charge in [-0.2, -0.15) is 0 Å². The number of hydrogen-bond acceptors (Lipinski definition) is 9. The molecule has 1 heterocycles. The Labute approximate surface area is 294 Å². The fraction of sp³-hybridized carbons (Fsp3) is 0.139. The topological polar surface area (TPSA) is 147 Å². The summed E-state index contributed by atoms with van der Waals surface area (Å²) in [4.78, 5) is 27.3. The number of amides is 1. The molecule has 1 aliphatic heterocycles. The molecule has 1 aliphatic rings. The van der Waals surface area contributed by atoms with Gasteiger partial charge in [0.25, 0.3) is 21.6 Å². The molecule has 5 aromatic carbocycles. The molecule has 1 amide bonds. The first-order chi connectivity index (χ1) is 23.9. The predicted molar refractivity (Wildman–Crippen MR) is 190 cm³/mol. The number of anilines is 1. The maximum absolute atomic E-state index is 13.9. The van der Waals surface area contributed by atoms with Crippen LogP contribution in [0.2, 0.25) is 5.02 Å². The number of carbonyl (C=O) groups is 1. The van der Waals surface area contributed by atoms with Crippen molar-refractivity contribution in [3.63, 3.8) is 0 Å². The van der Waals surface area contributed by atoms with Crippen LogP contribution in [0.15, 0.2) is 136 Å². The smallest absolute Gasteiger partial charge is 0.270 e. The number of halogens is 1. The maximum Gasteiger partial charge on any atom is 0.270 e. The monoisotopic (exact) mass is 730 g/mol. The van der Waals surface area contributed by atoms with Crippen LogP contribution in [-0.4, -0.2) is 58.7 Å². The van der Waals surface area contributed by atoms with Crippen molar-refractivity contribution in [2.75, 3.05) is 31.1 Å². The highest BCUT2D eigenvalue weighted by molar-refractivity contribution is 7.91. The summed E-state index contributed by atoms with van der Waals surface area (Å²) in [6.45, 7) is 3.21. The first-order valence-electron chi connectivity index (χ1n) is 15.5. The quantitative estimate of drug-likeness (QED) is 0.131. The summed E-state index contributed by atoms with van der Waals surface area (Å²) in [7, 11) is -8.89. The Morgan fingerprint density at radius 1 is 0.760 bits per heavy atom. The Kier molecular flexibility index (Phi) is 10.0. The van der Waals surface area contributed by atoms with Gasteiger partial charge < -0.3 is 4.90 Å². The molecule has 1 N–H and O–H groups in total. The van der Waals surface area contributed by atoms with Crippen molar-refractivity contribution >= 4 is 48.7 Å². The molecule has 14 heteroatoms. The summed E-state index contributed by atoms with van der Waals surface area (Å²) < 4.78 is 55.9. The molecule has 0 aromatic heterocycles. The zero-order valence-electron chi connectivity index (χ0n) is 26.5. The number of sulfone groups is 1. The van der Waals surface area contributed by atoms with Crippen LogP contribution in [0.1, 0.15) is 15.9 Å². The van der Waals surface area contributed by atoms with Gasteiger partial charge in [-0.25, -0.2) is 21.6 Å². The van der Waals surface area contributed by atoms with E-state index in [1.54, 1.807) is 24.3 Å². The van der Waals surface area contributed by atoms with E-state index in [0.29, 0.717) is 43.4 Å². The fourth-order valence-corrected chi connectivity index (χ4v) is 8.45. The van der Waals surface area contributed by atoms with E-state index in [1.165, 1.54) is 30.3 Å². The lowest BCUT2D eigenvalue weighted by Crippen LogP contribution is -2.46. The van der Waals surface area contributed by atoms with Crippen LogP contribution in [0, 0.1) is 10.1 Å². The van der Waals surface area contributed by atoms with Gasteiger partial charge >= 0.3 is 0 Å². The number of piperazine rings is 1. The summed E-state index contributed by atoms with van der Waals surface area (Å²) in [6.07, 6.45) is 0. The van der Waals surface area contributed by atoms with Gasteiger partial charge in [0.15, 0.2) is 0 Å². The normalized spacial score (nSPS) is 13.9.